The van der Waals surface area contributed by atoms with Gasteiger partial charge in [0.1, 0.15) is 0 Å². The van der Waals surface area contributed by atoms with Gasteiger partial charge >= 0.3 is 0 Å². The summed E-state index contributed by atoms with van der Waals surface area (Å²) in [5, 5.41) is 8.17. The second kappa shape index (κ2) is 4.02. The molecule has 2 heterocycles. The van der Waals surface area contributed by atoms with Crippen molar-refractivity contribution in [3.05, 3.63) is 23.5 Å². The molecule has 0 radical (unpaired) electrons. The summed E-state index contributed by atoms with van der Waals surface area (Å²) in [5.41, 5.74) is 7.63. The minimum Gasteiger partial charge on any atom is -0.329 e. The number of hydrogen-bond acceptors (Lipinski definition) is 4. The summed E-state index contributed by atoms with van der Waals surface area (Å²) in [7, 11) is 0. The van der Waals surface area contributed by atoms with Gasteiger partial charge in [0.25, 0.3) is 0 Å². The lowest BCUT2D eigenvalue weighted by atomic mass is 10.0. The standard InChI is InChI=1S/C10H16N4/c1-8-2-3-9(13-12-8)7-14-5-4-10(14)6-11/h2-3,10H,4-7,11H2,1H3. The van der Waals surface area contributed by atoms with Crippen LogP contribution in [0.2, 0.25) is 0 Å². The molecule has 0 aromatic carbocycles. The van der Waals surface area contributed by atoms with Gasteiger partial charge in [-0.25, -0.2) is 0 Å². The van der Waals surface area contributed by atoms with Gasteiger partial charge in [-0.15, -0.1) is 0 Å². The van der Waals surface area contributed by atoms with Crippen LogP contribution in [-0.2, 0) is 6.54 Å². The smallest absolute Gasteiger partial charge is 0.0771 e. The van der Waals surface area contributed by atoms with Gasteiger partial charge < -0.3 is 5.73 Å². The summed E-state index contributed by atoms with van der Waals surface area (Å²) < 4.78 is 0. The van der Waals surface area contributed by atoms with Crippen molar-refractivity contribution in [2.75, 3.05) is 13.1 Å². The van der Waals surface area contributed by atoms with E-state index >= 15 is 0 Å². The molecule has 0 bridgehead atoms. The van der Waals surface area contributed by atoms with Crippen LogP contribution in [-0.4, -0.2) is 34.2 Å². The van der Waals surface area contributed by atoms with Gasteiger partial charge in [-0.05, 0) is 25.5 Å². The first-order chi connectivity index (χ1) is 6.79. The number of likely N-dealkylation sites (tertiary alicyclic amines) is 1. The monoisotopic (exact) mass is 192 g/mol. The molecule has 1 aliphatic rings. The molecule has 76 valence electrons. The molecule has 1 aromatic heterocycles. The van der Waals surface area contributed by atoms with Crippen molar-refractivity contribution in [1.82, 2.24) is 15.1 Å². The maximum absolute atomic E-state index is 5.62. The Morgan fingerprint density at radius 1 is 1.50 bits per heavy atom. The average Bonchev–Trinajstić information content (AvgIpc) is 2.16. The number of aromatic nitrogens is 2. The van der Waals surface area contributed by atoms with Gasteiger partial charge in [-0.3, -0.25) is 4.90 Å². The lowest BCUT2D eigenvalue weighted by Gasteiger charge is -2.39. The zero-order valence-electron chi connectivity index (χ0n) is 8.48. The maximum atomic E-state index is 5.62. The molecule has 1 aliphatic heterocycles. The van der Waals surface area contributed by atoms with Crippen molar-refractivity contribution in [1.29, 1.82) is 0 Å². The Bertz CT molecular complexity index is 293. The molecule has 0 spiro atoms. The normalized spacial score (nSPS) is 22.0. The lowest BCUT2D eigenvalue weighted by Crippen LogP contribution is -2.51. The van der Waals surface area contributed by atoms with Gasteiger partial charge in [0, 0.05) is 25.7 Å². The minimum absolute atomic E-state index is 0.554. The van der Waals surface area contributed by atoms with Crippen molar-refractivity contribution in [2.24, 2.45) is 5.73 Å². The number of nitrogens with two attached hydrogens (primary N) is 1. The number of aryl methyl sites for hydroxylation is 1. The fourth-order valence-corrected chi connectivity index (χ4v) is 1.69. The Morgan fingerprint density at radius 3 is 2.86 bits per heavy atom. The summed E-state index contributed by atoms with van der Waals surface area (Å²) in [4.78, 5) is 2.35. The SMILES string of the molecule is Cc1ccc(CN2CCC2CN)nn1. The van der Waals surface area contributed by atoms with Crippen LogP contribution in [0.4, 0.5) is 0 Å². The maximum Gasteiger partial charge on any atom is 0.0771 e. The van der Waals surface area contributed by atoms with E-state index in [0.717, 1.165) is 31.0 Å². The molecule has 1 atom stereocenters. The Morgan fingerprint density at radius 2 is 2.36 bits per heavy atom. The van der Waals surface area contributed by atoms with Crippen LogP contribution in [0.3, 0.4) is 0 Å². The molecular weight excluding hydrogens is 176 g/mol. The van der Waals surface area contributed by atoms with Gasteiger partial charge in [-0.1, -0.05) is 0 Å². The van der Waals surface area contributed by atoms with Crippen LogP contribution in [0.25, 0.3) is 0 Å². The van der Waals surface area contributed by atoms with Crippen molar-refractivity contribution in [3.8, 4) is 0 Å². The topological polar surface area (TPSA) is 55.0 Å². The highest BCUT2D eigenvalue weighted by Crippen LogP contribution is 2.18. The van der Waals surface area contributed by atoms with Crippen molar-refractivity contribution < 1.29 is 0 Å². The van der Waals surface area contributed by atoms with E-state index in [1.807, 2.05) is 19.1 Å². The van der Waals surface area contributed by atoms with Gasteiger partial charge in [0.15, 0.2) is 0 Å². The Balaban J connectivity index is 1.94. The van der Waals surface area contributed by atoms with E-state index in [9.17, 15) is 0 Å². The van der Waals surface area contributed by atoms with E-state index in [1.165, 1.54) is 6.42 Å². The molecule has 1 fully saturated rings. The lowest BCUT2D eigenvalue weighted by molar-refractivity contribution is 0.0863. The first-order valence-electron chi connectivity index (χ1n) is 5.03. The van der Waals surface area contributed by atoms with E-state index < -0.39 is 0 Å². The molecule has 1 unspecified atom stereocenters. The van der Waals surface area contributed by atoms with E-state index in [2.05, 4.69) is 15.1 Å². The van der Waals surface area contributed by atoms with E-state index in [1.54, 1.807) is 0 Å². The van der Waals surface area contributed by atoms with Crippen LogP contribution in [0.1, 0.15) is 17.8 Å². The van der Waals surface area contributed by atoms with Crippen molar-refractivity contribution >= 4 is 0 Å². The third-order valence-corrected chi connectivity index (χ3v) is 2.76. The second-order valence-corrected chi connectivity index (χ2v) is 3.81. The first-order valence-corrected chi connectivity index (χ1v) is 5.03. The predicted octanol–water partition coefficient (Wildman–Crippen LogP) is 0.318. The second-order valence-electron chi connectivity index (χ2n) is 3.81. The zero-order valence-corrected chi connectivity index (χ0v) is 8.48. The highest BCUT2D eigenvalue weighted by Gasteiger charge is 2.26. The predicted molar refractivity (Wildman–Crippen MR) is 54.6 cm³/mol. The zero-order chi connectivity index (χ0) is 9.97. The van der Waals surface area contributed by atoms with Crippen LogP contribution in [0.5, 0.6) is 0 Å². The third kappa shape index (κ3) is 1.91. The molecule has 0 aliphatic carbocycles. The molecule has 14 heavy (non-hydrogen) atoms. The largest absolute Gasteiger partial charge is 0.329 e. The summed E-state index contributed by atoms with van der Waals surface area (Å²) in [6.45, 7) is 4.72. The third-order valence-electron chi connectivity index (χ3n) is 2.76. The molecule has 1 aromatic rings. The van der Waals surface area contributed by atoms with Gasteiger partial charge in [0.2, 0.25) is 0 Å². The van der Waals surface area contributed by atoms with Crippen molar-refractivity contribution in [2.45, 2.75) is 25.9 Å². The number of rotatable bonds is 3. The molecule has 4 nitrogen and oxygen atoms in total. The highest BCUT2D eigenvalue weighted by molar-refractivity contribution is 5.06. The molecule has 2 N–H and O–H groups in total. The summed E-state index contributed by atoms with van der Waals surface area (Å²) >= 11 is 0. The first kappa shape index (κ1) is 9.55. The summed E-state index contributed by atoms with van der Waals surface area (Å²) in [6.07, 6.45) is 1.22. The minimum atomic E-state index is 0.554. The Hall–Kier alpha value is -1.00. The highest BCUT2D eigenvalue weighted by atomic mass is 15.2. The molecule has 4 heteroatoms. The number of hydrogen-bond donors (Lipinski definition) is 1. The Kier molecular flexibility index (Phi) is 2.74. The fourth-order valence-electron chi connectivity index (χ4n) is 1.69. The molecule has 0 amide bonds. The number of nitrogens with zero attached hydrogens (tertiary/aromatic N) is 3. The van der Waals surface area contributed by atoms with E-state index in [4.69, 9.17) is 5.73 Å². The molecule has 1 saturated heterocycles. The van der Waals surface area contributed by atoms with Crippen LogP contribution < -0.4 is 5.73 Å². The molecule has 2 rings (SSSR count). The van der Waals surface area contributed by atoms with E-state index in [0.29, 0.717) is 6.04 Å². The molecular formula is C10H16N4. The Labute approximate surface area is 84.1 Å². The van der Waals surface area contributed by atoms with Crippen molar-refractivity contribution in [3.63, 3.8) is 0 Å². The van der Waals surface area contributed by atoms with E-state index in [-0.39, 0.29) is 0 Å². The van der Waals surface area contributed by atoms with Gasteiger partial charge in [0.05, 0.1) is 11.4 Å². The fraction of sp³-hybridized carbons (Fsp3) is 0.600. The van der Waals surface area contributed by atoms with Gasteiger partial charge in [-0.2, -0.15) is 10.2 Å². The average molecular weight is 192 g/mol. The van der Waals surface area contributed by atoms with Crippen LogP contribution >= 0.6 is 0 Å². The van der Waals surface area contributed by atoms with Crippen LogP contribution in [0, 0.1) is 6.92 Å². The molecule has 0 saturated carbocycles. The van der Waals surface area contributed by atoms with Crippen LogP contribution in [0.15, 0.2) is 12.1 Å². The summed E-state index contributed by atoms with van der Waals surface area (Å²) in [5.74, 6) is 0. The quantitative estimate of drug-likeness (QED) is 0.749. The summed E-state index contributed by atoms with van der Waals surface area (Å²) in [6, 6.07) is 4.59.